The van der Waals surface area contributed by atoms with E-state index < -0.39 is 17.8 Å². The number of benzene rings is 3. The number of aromatic hydroxyl groups is 2. The molecule has 0 spiro atoms. The van der Waals surface area contributed by atoms with E-state index in [4.69, 9.17) is 18.9 Å². The zero-order valence-corrected chi connectivity index (χ0v) is 19.4. The number of hydrogen-bond acceptors (Lipinski definition) is 8. The van der Waals surface area contributed by atoms with E-state index >= 15 is 0 Å². The lowest BCUT2D eigenvalue weighted by Gasteiger charge is -2.07. The van der Waals surface area contributed by atoms with Crippen LogP contribution < -0.4 is 14.2 Å². The minimum absolute atomic E-state index is 0.0262. The molecule has 0 saturated heterocycles. The number of carbonyl (C=O) groups excluding carboxylic acids is 2. The molecule has 36 heavy (non-hydrogen) atoms. The van der Waals surface area contributed by atoms with E-state index in [0.717, 1.165) is 18.2 Å². The average molecular weight is 494 g/mol. The number of rotatable bonds is 9. The predicted molar refractivity (Wildman–Crippen MR) is 129 cm³/mol. The van der Waals surface area contributed by atoms with Gasteiger partial charge < -0.3 is 29.2 Å². The van der Waals surface area contributed by atoms with Crippen LogP contribution in [0.3, 0.4) is 0 Å². The fourth-order valence-electron chi connectivity index (χ4n) is 2.98. The van der Waals surface area contributed by atoms with Crippen LogP contribution in [0, 0.1) is 5.82 Å². The molecule has 0 aromatic heterocycles. The Morgan fingerprint density at radius 2 is 1.36 bits per heavy atom. The molecule has 0 unspecified atom stereocenters. The van der Waals surface area contributed by atoms with Crippen LogP contribution in [-0.4, -0.2) is 36.4 Å². The molecule has 0 aliphatic heterocycles. The lowest BCUT2D eigenvalue weighted by molar-refractivity contribution is -0.139. The second-order valence-corrected chi connectivity index (χ2v) is 7.31. The molecule has 0 heterocycles. The lowest BCUT2D eigenvalue weighted by atomic mass is 10.2. The molecule has 0 aliphatic rings. The van der Waals surface area contributed by atoms with Gasteiger partial charge in [-0.1, -0.05) is 12.1 Å². The Morgan fingerprint density at radius 3 is 1.89 bits per heavy atom. The van der Waals surface area contributed by atoms with Crippen molar-refractivity contribution < 1.29 is 43.1 Å². The molecule has 9 heteroatoms. The van der Waals surface area contributed by atoms with E-state index in [1.807, 2.05) is 0 Å². The molecule has 0 amide bonds. The fourth-order valence-corrected chi connectivity index (χ4v) is 2.98. The van der Waals surface area contributed by atoms with Gasteiger partial charge in [0.1, 0.15) is 18.2 Å². The van der Waals surface area contributed by atoms with Crippen molar-refractivity contribution >= 4 is 24.1 Å². The molecule has 0 saturated carbocycles. The second kappa shape index (κ2) is 12.1. The summed E-state index contributed by atoms with van der Waals surface area (Å²) in [5.41, 5.74) is 1.27. The highest BCUT2D eigenvalue weighted by Gasteiger charge is 2.09. The van der Waals surface area contributed by atoms with Gasteiger partial charge in [-0.15, -0.1) is 0 Å². The van der Waals surface area contributed by atoms with Gasteiger partial charge in [-0.25, -0.2) is 14.0 Å². The van der Waals surface area contributed by atoms with Crippen molar-refractivity contribution in [3.05, 3.63) is 89.3 Å². The van der Waals surface area contributed by atoms with Crippen LogP contribution in [0.4, 0.5) is 4.39 Å². The van der Waals surface area contributed by atoms with Gasteiger partial charge >= 0.3 is 11.9 Å². The van der Waals surface area contributed by atoms with E-state index in [1.165, 1.54) is 62.8 Å². The first-order valence-electron chi connectivity index (χ1n) is 10.6. The average Bonchev–Trinajstić information content (AvgIpc) is 2.87. The van der Waals surface area contributed by atoms with Crippen molar-refractivity contribution in [2.45, 2.75) is 6.61 Å². The molecule has 3 rings (SSSR count). The summed E-state index contributed by atoms with van der Waals surface area (Å²) in [6, 6.07) is 12.8. The topological polar surface area (TPSA) is 112 Å². The maximum absolute atomic E-state index is 14.4. The minimum atomic E-state index is -0.739. The summed E-state index contributed by atoms with van der Waals surface area (Å²) in [6.45, 7) is -0.329. The third-order valence-electron chi connectivity index (χ3n) is 4.84. The van der Waals surface area contributed by atoms with Gasteiger partial charge in [-0.2, -0.15) is 0 Å². The third kappa shape index (κ3) is 7.10. The van der Waals surface area contributed by atoms with Gasteiger partial charge in [0.25, 0.3) is 0 Å². The summed E-state index contributed by atoms with van der Waals surface area (Å²) in [5.74, 6) is -1.74. The number of phenols is 2. The molecule has 0 fully saturated rings. The van der Waals surface area contributed by atoms with Crippen LogP contribution in [0.2, 0.25) is 0 Å². The van der Waals surface area contributed by atoms with E-state index in [-0.39, 0.29) is 40.9 Å². The van der Waals surface area contributed by atoms with Crippen molar-refractivity contribution in [3.63, 3.8) is 0 Å². The van der Waals surface area contributed by atoms with E-state index in [0.29, 0.717) is 11.1 Å². The molecule has 0 atom stereocenters. The molecule has 0 radical (unpaired) electrons. The molecule has 3 aromatic carbocycles. The number of phenolic OH excluding ortho intramolecular Hbond substituents is 2. The Morgan fingerprint density at radius 1 is 0.806 bits per heavy atom. The molecule has 8 nitrogen and oxygen atoms in total. The van der Waals surface area contributed by atoms with Crippen molar-refractivity contribution in [2.75, 3.05) is 14.2 Å². The first kappa shape index (κ1) is 25.8. The third-order valence-corrected chi connectivity index (χ3v) is 4.84. The van der Waals surface area contributed by atoms with Gasteiger partial charge in [0.05, 0.1) is 14.2 Å². The monoisotopic (exact) mass is 494 g/mol. The highest BCUT2D eigenvalue weighted by atomic mass is 19.1. The maximum Gasteiger partial charge on any atom is 0.336 e. The van der Waals surface area contributed by atoms with E-state index in [9.17, 15) is 24.2 Å². The number of ether oxygens (including phenoxy) is 4. The summed E-state index contributed by atoms with van der Waals surface area (Å²) in [4.78, 5) is 24.0. The van der Waals surface area contributed by atoms with Gasteiger partial charge in [-0.05, 0) is 59.7 Å². The SMILES string of the molecule is COc1cc(/C=C/C(=O)OCc2ccc(OC(=O)/C=C/c3ccc(O)c(OC)c3)cc2F)ccc1O. The number of esters is 2. The largest absolute Gasteiger partial charge is 0.504 e. The Balaban J connectivity index is 1.54. The Bertz CT molecular complexity index is 1310. The number of methoxy groups -OCH3 is 2. The first-order chi connectivity index (χ1) is 17.3. The maximum atomic E-state index is 14.4. The Kier molecular flexibility index (Phi) is 8.66. The molecular formula is C27H23FO8. The van der Waals surface area contributed by atoms with Gasteiger partial charge in [0.2, 0.25) is 0 Å². The van der Waals surface area contributed by atoms with Gasteiger partial charge in [-0.3, -0.25) is 0 Å². The van der Waals surface area contributed by atoms with Crippen molar-refractivity contribution in [2.24, 2.45) is 0 Å². The summed E-state index contributed by atoms with van der Waals surface area (Å²) >= 11 is 0. The number of carbonyl (C=O) groups is 2. The summed E-state index contributed by atoms with van der Waals surface area (Å²) < 4.78 is 34.6. The van der Waals surface area contributed by atoms with Crippen LogP contribution in [-0.2, 0) is 20.9 Å². The fraction of sp³-hybridized carbons (Fsp3) is 0.111. The normalized spacial score (nSPS) is 11.0. The molecule has 2 N–H and O–H groups in total. The van der Waals surface area contributed by atoms with Crippen LogP contribution >= 0.6 is 0 Å². The van der Waals surface area contributed by atoms with Crippen LogP contribution in [0.25, 0.3) is 12.2 Å². The Labute approximate surface area is 206 Å². The summed E-state index contributed by atoms with van der Waals surface area (Å²) in [6.07, 6.45) is 5.23. The standard InChI is InChI=1S/C27H23FO8/c1-33-24-13-17(3-9-22(24)29)5-11-26(31)35-16-19-7-8-20(15-21(19)28)36-27(32)12-6-18-4-10-23(30)25(14-18)34-2/h3-15,29-30H,16H2,1-2H3/b11-5+,12-6+. The number of hydrogen-bond donors (Lipinski definition) is 2. The zero-order chi connectivity index (χ0) is 26.1. The second-order valence-electron chi connectivity index (χ2n) is 7.31. The predicted octanol–water partition coefficient (Wildman–Crippen LogP) is 4.63. The van der Waals surface area contributed by atoms with Crippen molar-refractivity contribution in [3.8, 4) is 28.7 Å². The van der Waals surface area contributed by atoms with Crippen LogP contribution in [0.15, 0.2) is 66.7 Å². The van der Waals surface area contributed by atoms with E-state index in [1.54, 1.807) is 12.1 Å². The minimum Gasteiger partial charge on any atom is -0.504 e. The van der Waals surface area contributed by atoms with Crippen molar-refractivity contribution in [1.29, 1.82) is 0 Å². The zero-order valence-electron chi connectivity index (χ0n) is 19.4. The van der Waals surface area contributed by atoms with Crippen LogP contribution in [0.5, 0.6) is 28.7 Å². The quantitative estimate of drug-likeness (QED) is 0.252. The smallest absolute Gasteiger partial charge is 0.336 e. The van der Waals surface area contributed by atoms with Gasteiger partial charge in [0.15, 0.2) is 23.0 Å². The molecule has 0 bridgehead atoms. The molecule has 186 valence electrons. The highest BCUT2D eigenvalue weighted by molar-refractivity contribution is 5.89. The van der Waals surface area contributed by atoms with Crippen molar-refractivity contribution in [1.82, 2.24) is 0 Å². The van der Waals surface area contributed by atoms with Crippen LogP contribution in [0.1, 0.15) is 16.7 Å². The first-order valence-corrected chi connectivity index (χ1v) is 10.6. The van der Waals surface area contributed by atoms with E-state index in [2.05, 4.69) is 0 Å². The number of halogens is 1. The molecular weight excluding hydrogens is 471 g/mol. The molecule has 0 aliphatic carbocycles. The summed E-state index contributed by atoms with van der Waals surface area (Å²) in [5, 5.41) is 19.2. The van der Waals surface area contributed by atoms with Gasteiger partial charge in [0, 0.05) is 23.8 Å². The summed E-state index contributed by atoms with van der Waals surface area (Å²) in [7, 11) is 2.81. The molecule has 3 aromatic rings. The Hall–Kier alpha value is -4.79. The lowest BCUT2D eigenvalue weighted by Crippen LogP contribution is -2.06. The highest BCUT2D eigenvalue weighted by Crippen LogP contribution is 2.27.